The third kappa shape index (κ3) is 4.44. The molecule has 0 aromatic heterocycles. The van der Waals surface area contributed by atoms with Crippen molar-refractivity contribution in [2.24, 2.45) is 0 Å². The smallest absolute Gasteiger partial charge is 0.377 e. The first-order valence-electron chi connectivity index (χ1n) is 5.59. The van der Waals surface area contributed by atoms with Gasteiger partial charge in [0.1, 0.15) is 0 Å². The molecule has 94 valence electrons. The fourth-order valence-corrected chi connectivity index (χ4v) is 2.25. The molecule has 3 nitrogen and oxygen atoms in total. The van der Waals surface area contributed by atoms with Gasteiger partial charge in [-0.15, -0.1) is 0 Å². The van der Waals surface area contributed by atoms with E-state index in [4.69, 9.17) is 13.3 Å². The van der Waals surface area contributed by atoms with E-state index in [-0.39, 0.29) is 0 Å². The lowest BCUT2D eigenvalue weighted by atomic mass is 10.1. The van der Waals surface area contributed by atoms with Crippen molar-refractivity contribution in [1.82, 2.24) is 0 Å². The summed E-state index contributed by atoms with van der Waals surface area (Å²) in [6, 6.07) is 8.26. The molecule has 4 heteroatoms. The van der Waals surface area contributed by atoms with Crippen molar-refractivity contribution in [1.29, 1.82) is 0 Å². The van der Waals surface area contributed by atoms with Gasteiger partial charge in [0.2, 0.25) is 0 Å². The van der Waals surface area contributed by atoms with Crippen LogP contribution in [-0.4, -0.2) is 29.6 Å². The predicted molar refractivity (Wildman–Crippen MR) is 71.8 cm³/mol. The van der Waals surface area contributed by atoms with Gasteiger partial charge >= 0.3 is 8.80 Å². The Bertz CT molecular complexity index is 344. The average Bonchev–Trinajstić information content (AvgIpc) is 2.39. The topological polar surface area (TPSA) is 27.7 Å². The van der Waals surface area contributed by atoms with Crippen LogP contribution in [0.1, 0.15) is 11.1 Å². The van der Waals surface area contributed by atoms with Crippen LogP contribution in [0.4, 0.5) is 0 Å². The average molecular weight is 252 g/mol. The molecule has 1 aromatic carbocycles. The van der Waals surface area contributed by atoms with Crippen molar-refractivity contribution in [3.8, 4) is 0 Å². The predicted octanol–water partition coefficient (Wildman–Crippen LogP) is 2.75. The molecular formula is C13H20O3Si. The van der Waals surface area contributed by atoms with Crippen LogP contribution in [0.2, 0.25) is 6.55 Å². The second kappa shape index (κ2) is 6.71. The van der Waals surface area contributed by atoms with E-state index in [1.165, 1.54) is 5.56 Å². The quantitative estimate of drug-likeness (QED) is 0.698. The highest BCUT2D eigenvalue weighted by Crippen LogP contribution is 2.09. The Balaban J connectivity index is 2.42. The molecule has 0 N–H and O–H groups in total. The largest absolute Gasteiger partial charge is 0.497 e. The van der Waals surface area contributed by atoms with Crippen molar-refractivity contribution >= 4 is 14.9 Å². The normalized spacial score (nSPS) is 11.5. The minimum absolute atomic E-state index is 0.609. The van der Waals surface area contributed by atoms with E-state index in [2.05, 4.69) is 18.7 Å². The lowest BCUT2D eigenvalue weighted by molar-refractivity contribution is 0.107. The SMILES string of the molecule is C=Cc1ccc(CCO[Si](C)(OC)OC)cc1. The minimum atomic E-state index is -2.39. The first-order valence-corrected chi connectivity index (χ1v) is 7.81. The molecule has 0 aliphatic carbocycles. The second-order valence-corrected chi connectivity index (χ2v) is 6.64. The van der Waals surface area contributed by atoms with Crippen LogP contribution < -0.4 is 0 Å². The van der Waals surface area contributed by atoms with Gasteiger partial charge in [0.25, 0.3) is 0 Å². The van der Waals surface area contributed by atoms with Crippen LogP contribution in [0.15, 0.2) is 30.8 Å². The number of hydrogen-bond acceptors (Lipinski definition) is 3. The van der Waals surface area contributed by atoms with Crippen molar-refractivity contribution in [2.45, 2.75) is 13.0 Å². The molecule has 0 amide bonds. The van der Waals surface area contributed by atoms with Crippen LogP contribution in [0.5, 0.6) is 0 Å². The van der Waals surface area contributed by atoms with E-state index in [9.17, 15) is 0 Å². The maximum absolute atomic E-state index is 5.66. The molecule has 0 aliphatic rings. The van der Waals surface area contributed by atoms with Gasteiger partial charge in [-0.3, -0.25) is 0 Å². The molecule has 0 radical (unpaired) electrons. The van der Waals surface area contributed by atoms with Crippen molar-refractivity contribution in [3.63, 3.8) is 0 Å². The van der Waals surface area contributed by atoms with Gasteiger partial charge in [-0.25, -0.2) is 0 Å². The summed E-state index contributed by atoms with van der Waals surface area (Å²) in [5, 5.41) is 0. The summed E-state index contributed by atoms with van der Waals surface area (Å²) >= 11 is 0. The van der Waals surface area contributed by atoms with Crippen LogP contribution >= 0.6 is 0 Å². The summed E-state index contributed by atoms with van der Waals surface area (Å²) in [5.74, 6) is 0. The van der Waals surface area contributed by atoms with E-state index in [0.717, 1.165) is 12.0 Å². The third-order valence-electron chi connectivity index (χ3n) is 2.71. The van der Waals surface area contributed by atoms with Gasteiger partial charge in [0.15, 0.2) is 0 Å². The Morgan fingerprint density at radius 3 is 2.24 bits per heavy atom. The maximum Gasteiger partial charge on any atom is 0.497 e. The second-order valence-electron chi connectivity index (χ2n) is 3.81. The number of hydrogen-bond donors (Lipinski definition) is 0. The Labute approximate surface area is 104 Å². The summed E-state index contributed by atoms with van der Waals surface area (Å²) in [4.78, 5) is 0. The molecule has 17 heavy (non-hydrogen) atoms. The molecule has 0 saturated carbocycles. The fraction of sp³-hybridized carbons (Fsp3) is 0.385. The first kappa shape index (κ1) is 14.1. The molecule has 0 spiro atoms. The van der Waals surface area contributed by atoms with Crippen molar-refractivity contribution < 1.29 is 13.3 Å². The van der Waals surface area contributed by atoms with Crippen LogP contribution in [0, 0.1) is 0 Å². The highest BCUT2D eigenvalue weighted by Gasteiger charge is 2.31. The fourth-order valence-electron chi connectivity index (χ4n) is 1.38. The molecule has 0 aliphatic heterocycles. The standard InChI is InChI=1S/C13H20O3Si/c1-5-12-6-8-13(9-7-12)10-11-16-17(4,14-2)15-3/h5-9H,1,10-11H2,2-4H3. The molecule has 0 atom stereocenters. The molecule has 1 rings (SSSR count). The highest BCUT2D eigenvalue weighted by molar-refractivity contribution is 6.59. The lowest BCUT2D eigenvalue weighted by Gasteiger charge is -2.21. The lowest BCUT2D eigenvalue weighted by Crippen LogP contribution is -2.40. The minimum Gasteiger partial charge on any atom is -0.377 e. The molecule has 0 unspecified atom stereocenters. The molecule has 0 bridgehead atoms. The number of benzene rings is 1. The molecule has 1 aromatic rings. The van der Waals surface area contributed by atoms with E-state index < -0.39 is 8.80 Å². The molecular weight excluding hydrogens is 232 g/mol. The van der Waals surface area contributed by atoms with Gasteiger partial charge in [0.05, 0.1) is 0 Å². The maximum atomic E-state index is 5.66. The zero-order valence-electron chi connectivity index (χ0n) is 10.7. The highest BCUT2D eigenvalue weighted by atomic mass is 28.4. The van der Waals surface area contributed by atoms with Gasteiger partial charge < -0.3 is 13.3 Å². The van der Waals surface area contributed by atoms with E-state index in [1.54, 1.807) is 14.2 Å². The zero-order chi connectivity index (χ0) is 12.7. The summed E-state index contributed by atoms with van der Waals surface area (Å²) in [6.07, 6.45) is 2.69. The molecule has 0 fully saturated rings. The Hall–Kier alpha value is -0.943. The zero-order valence-corrected chi connectivity index (χ0v) is 11.7. The van der Waals surface area contributed by atoms with Crippen LogP contribution in [-0.2, 0) is 19.7 Å². The van der Waals surface area contributed by atoms with Gasteiger partial charge in [-0.05, 0) is 17.5 Å². The molecule has 0 heterocycles. The summed E-state index contributed by atoms with van der Waals surface area (Å²) in [6.45, 7) is 6.22. The van der Waals surface area contributed by atoms with Gasteiger partial charge in [-0.1, -0.05) is 36.9 Å². The third-order valence-corrected chi connectivity index (χ3v) is 4.92. The van der Waals surface area contributed by atoms with E-state index in [1.807, 2.05) is 24.8 Å². The summed E-state index contributed by atoms with van der Waals surface area (Å²) in [5.41, 5.74) is 2.36. The van der Waals surface area contributed by atoms with Gasteiger partial charge in [-0.2, -0.15) is 0 Å². The van der Waals surface area contributed by atoms with E-state index in [0.29, 0.717) is 6.61 Å². The Morgan fingerprint density at radius 1 is 1.18 bits per heavy atom. The number of rotatable bonds is 7. The Kier molecular flexibility index (Phi) is 5.57. The summed E-state index contributed by atoms with van der Waals surface area (Å²) < 4.78 is 16.1. The van der Waals surface area contributed by atoms with Crippen molar-refractivity contribution in [3.05, 3.63) is 42.0 Å². The first-order chi connectivity index (χ1) is 8.13. The summed E-state index contributed by atoms with van der Waals surface area (Å²) in [7, 11) is 0.854. The van der Waals surface area contributed by atoms with E-state index >= 15 is 0 Å². The molecule has 0 saturated heterocycles. The van der Waals surface area contributed by atoms with Gasteiger partial charge in [0, 0.05) is 27.4 Å². The Morgan fingerprint density at radius 2 is 1.76 bits per heavy atom. The van der Waals surface area contributed by atoms with Crippen LogP contribution in [0.25, 0.3) is 6.08 Å². The van der Waals surface area contributed by atoms with Crippen molar-refractivity contribution in [2.75, 3.05) is 20.8 Å². The monoisotopic (exact) mass is 252 g/mol. The van der Waals surface area contributed by atoms with Crippen LogP contribution in [0.3, 0.4) is 0 Å².